The first-order chi connectivity index (χ1) is 17.6. The number of methoxy groups -OCH3 is 1. The maximum atomic E-state index is 14.7. The zero-order valence-corrected chi connectivity index (χ0v) is 21.3. The molecule has 2 fully saturated rings. The lowest BCUT2D eigenvalue weighted by atomic mass is 9.65. The lowest BCUT2D eigenvalue weighted by molar-refractivity contribution is -0.0840. The molecule has 0 spiro atoms. The average molecular weight is 537 g/mol. The normalized spacial score (nSPS) is 23.6. The summed E-state index contributed by atoms with van der Waals surface area (Å²) in [6.45, 7) is 0.218. The van der Waals surface area contributed by atoms with Crippen molar-refractivity contribution >= 4 is 22.5 Å². The molecule has 3 aromatic rings. The summed E-state index contributed by atoms with van der Waals surface area (Å²) in [5, 5.41) is 0.721. The Balaban J connectivity index is 1.49. The molecule has 37 heavy (non-hydrogen) atoms. The van der Waals surface area contributed by atoms with Crippen LogP contribution in [0.4, 0.5) is 17.6 Å². The van der Waals surface area contributed by atoms with E-state index in [1.165, 1.54) is 6.20 Å². The second-order valence-electron chi connectivity index (χ2n) is 10.2. The molecule has 2 saturated carbocycles. The van der Waals surface area contributed by atoms with Crippen LogP contribution in [0.3, 0.4) is 0 Å². The first-order valence-corrected chi connectivity index (χ1v) is 13.0. The van der Waals surface area contributed by atoms with E-state index in [4.69, 9.17) is 26.1 Å². The molecule has 2 aliphatic rings. The topological polar surface area (TPSA) is 44.2 Å². The second-order valence-corrected chi connectivity index (χ2v) is 10.6. The molecule has 0 N–H and O–H groups in total. The van der Waals surface area contributed by atoms with E-state index in [9.17, 15) is 17.6 Å². The number of aromatic nitrogens is 2. The molecule has 1 aromatic carbocycles. The van der Waals surface area contributed by atoms with Crippen molar-refractivity contribution in [1.82, 2.24) is 9.97 Å². The highest BCUT2D eigenvalue weighted by molar-refractivity contribution is 6.34. The second kappa shape index (κ2) is 10.3. The average Bonchev–Trinajstić information content (AvgIpc) is 2.87. The standard InChI is InChI=1S/C28H29ClF4N2O2/c1-36-19-4-2-17(3-5-19)16-37-24-14-23(35-22-9-13-34-26(29)25(22)24)21-15-28(32,33)12-8-20(21)18-6-10-27(30,31)11-7-18/h2-5,9,13-14,18,20-21H,6-8,10-12,15-16H2,1H3. The molecule has 0 amide bonds. The minimum atomic E-state index is -2.84. The molecule has 2 aliphatic carbocycles. The fourth-order valence-electron chi connectivity index (χ4n) is 5.85. The first-order valence-electron chi connectivity index (χ1n) is 12.6. The number of pyridine rings is 2. The quantitative estimate of drug-likeness (QED) is 0.235. The Hall–Kier alpha value is -2.61. The Morgan fingerprint density at radius 3 is 2.38 bits per heavy atom. The Morgan fingerprint density at radius 2 is 1.68 bits per heavy atom. The van der Waals surface area contributed by atoms with E-state index >= 15 is 0 Å². The number of hydrogen-bond acceptors (Lipinski definition) is 4. The van der Waals surface area contributed by atoms with Crippen LogP contribution >= 0.6 is 11.6 Å². The fourth-order valence-corrected chi connectivity index (χ4v) is 6.09. The minimum Gasteiger partial charge on any atom is -0.497 e. The fraction of sp³-hybridized carbons (Fsp3) is 0.500. The van der Waals surface area contributed by atoms with Gasteiger partial charge in [0.1, 0.15) is 23.3 Å². The summed E-state index contributed by atoms with van der Waals surface area (Å²) >= 11 is 6.41. The van der Waals surface area contributed by atoms with Crippen LogP contribution in [0.15, 0.2) is 42.6 Å². The van der Waals surface area contributed by atoms with Gasteiger partial charge in [-0.1, -0.05) is 23.7 Å². The molecule has 0 radical (unpaired) electrons. The summed E-state index contributed by atoms with van der Waals surface area (Å²) < 4.78 is 68.4. The van der Waals surface area contributed by atoms with Crippen molar-refractivity contribution in [1.29, 1.82) is 0 Å². The highest BCUT2D eigenvalue weighted by Gasteiger charge is 2.47. The number of ether oxygens (including phenoxy) is 2. The molecule has 2 heterocycles. The third-order valence-corrected chi connectivity index (χ3v) is 8.12. The molecule has 2 aromatic heterocycles. The van der Waals surface area contributed by atoms with Gasteiger partial charge in [0, 0.05) is 49.6 Å². The van der Waals surface area contributed by atoms with Crippen molar-refractivity contribution in [2.24, 2.45) is 11.8 Å². The van der Waals surface area contributed by atoms with Gasteiger partial charge in [0.15, 0.2) is 0 Å². The smallest absolute Gasteiger partial charge is 0.248 e. The van der Waals surface area contributed by atoms with Gasteiger partial charge in [-0.25, -0.2) is 22.5 Å². The van der Waals surface area contributed by atoms with Crippen LogP contribution in [0.25, 0.3) is 10.9 Å². The van der Waals surface area contributed by atoms with Crippen LogP contribution < -0.4 is 9.47 Å². The van der Waals surface area contributed by atoms with Gasteiger partial charge >= 0.3 is 0 Å². The zero-order valence-electron chi connectivity index (χ0n) is 20.5. The number of hydrogen-bond donors (Lipinski definition) is 0. The summed E-state index contributed by atoms with van der Waals surface area (Å²) in [6.07, 6.45) is 1.50. The van der Waals surface area contributed by atoms with Gasteiger partial charge in [0.05, 0.1) is 18.0 Å². The van der Waals surface area contributed by atoms with Crippen LogP contribution in [-0.2, 0) is 6.61 Å². The van der Waals surface area contributed by atoms with E-state index in [1.807, 2.05) is 24.3 Å². The molecule has 198 valence electrons. The highest BCUT2D eigenvalue weighted by Crippen LogP contribution is 2.52. The minimum absolute atomic E-state index is 0.0390. The summed E-state index contributed by atoms with van der Waals surface area (Å²) in [5.41, 5.74) is 1.88. The first kappa shape index (κ1) is 26.0. The van der Waals surface area contributed by atoms with Crippen LogP contribution in [0, 0.1) is 11.8 Å². The molecule has 0 bridgehead atoms. The number of alkyl halides is 4. The molecule has 0 saturated heterocycles. The number of nitrogens with zero attached hydrogens (tertiary/aromatic N) is 2. The summed E-state index contributed by atoms with van der Waals surface area (Å²) in [7, 11) is 1.59. The van der Waals surface area contributed by atoms with Gasteiger partial charge in [-0.3, -0.25) is 4.98 Å². The van der Waals surface area contributed by atoms with Gasteiger partial charge in [-0.2, -0.15) is 0 Å². The predicted octanol–water partition coefficient (Wildman–Crippen LogP) is 8.22. The van der Waals surface area contributed by atoms with Gasteiger partial charge in [-0.15, -0.1) is 0 Å². The predicted molar refractivity (Wildman–Crippen MR) is 134 cm³/mol. The largest absolute Gasteiger partial charge is 0.497 e. The van der Waals surface area contributed by atoms with E-state index in [-0.39, 0.29) is 55.7 Å². The third-order valence-electron chi connectivity index (χ3n) is 7.84. The monoisotopic (exact) mass is 536 g/mol. The van der Waals surface area contributed by atoms with E-state index in [2.05, 4.69) is 4.98 Å². The molecule has 2 unspecified atom stereocenters. The van der Waals surface area contributed by atoms with Crippen LogP contribution in [-0.4, -0.2) is 28.9 Å². The lowest BCUT2D eigenvalue weighted by Crippen LogP contribution is -2.38. The van der Waals surface area contributed by atoms with Gasteiger partial charge in [-0.05, 0) is 54.9 Å². The van der Waals surface area contributed by atoms with Gasteiger partial charge in [0.25, 0.3) is 0 Å². The van der Waals surface area contributed by atoms with E-state index < -0.39 is 17.8 Å². The molecule has 9 heteroatoms. The summed E-state index contributed by atoms with van der Waals surface area (Å²) in [4.78, 5) is 8.89. The Kier molecular flexibility index (Phi) is 7.22. The van der Waals surface area contributed by atoms with E-state index in [0.29, 0.717) is 35.2 Å². The molecule has 2 atom stereocenters. The van der Waals surface area contributed by atoms with Crippen LogP contribution in [0.2, 0.25) is 5.15 Å². The third kappa shape index (κ3) is 5.79. The SMILES string of the molecule is COc1ccc(COc2cc(C3CC(F)(F)CCC3C3CCC(F)(F)CC3)nc3ccnc(Cl)c23)cc1. The Labute approximate surface area is 218 Å². The molecule has 4 nitrogen and oxygen atoms in total. The molecular weight excluding hydrogens is 508 g/mol. The van der Waals surface area contributed by atoms with Crippen LogP contribution in [0.1, 0.15) is 62.1 Å². The Morgan fingerprint density at radius 1 is 0.973 bits per heavy atom. The van der Waals surface area contributed by atoms with Crippen LogP contribution in [0.5, 0.6) is 11.5 Å². The number of benzene rings is 1. The molecular formula is C28H29ClF4N2O2. The maximum Gasteiger partial charge on any atom is 0.248 e. The van der Waals surface area contributed by atoms with E-state index in [0.717, 1.165) is 11.3 Å². The molecule has 0 aliphatic heterocycles. The zero-order chi connectivity index (χ0) is 26.2. The van der Waals surface area contributed by atoms with Gasteiger partial charge < -0.3 is 9.47 Å². The Bertz CT molecular complexity index is 1240. The van der Waals surface area contributed by atoms with E-state index in [1.54, 1.807) is 19.2 Å². The van der Waals surface area contributed by atoms with Crippen molar-refractivity contribution < 1.29 is 27.0 Å². The van der Waals surface area contributed by atoms with Crippen molar-refractivity contribution in [2.45, 2.75) is 69.3 Å². The van der Waals surface area contributed by atoms with Crippen molar-refractivity contribution in [3.05, 3.63) is 59.0 Å². The number of rotatable bonds is 6. The number of halogens is 5. The van der Waals surface area contributed by atoms with Crippen molar-refractivity contribution in [2.75, 3.05) is 7.11 Å². The maximum absolute atomic E-state index is 14.7. The van der Waals surface area contributed by atoms with Crippen molar-refractivity contribution in [3.8, 4) is 11.5 Å². The van der Waals surface area contributed by atoms with Gasteiger partial charge in [0.2, 0.25) is 11.8 Å². The lowest BCUT2D eigenvalue weighted by Gasteiger charge is -2.42. The highest BCUT2D eigenvalue weighted by atomic mass is 35.5. The summed E-state index contributed by atoms with van der Waals surface area (Å²) in [6, 6.07) is 10.8. The number of fused-ring (bicyclic) bond motifs is 1. The molecule has 5 rings (SSSR count). The summed E-state index contributed by atoms with van der Waals surface area (Å²) in [5.74, 6) is -5.13. The van der Waals surface area contributed by atoms with Crippen molar-refractivity contribution in [3.63, 3.8) is 0 Å².